The van der Waals surface area contributed by atoms with Crippen molar-refractivity contribution in [3.8, 4) is 0 Å². The average Bonchev–Trinajstić information content (AvgIpc) is 3.42. The average molecular weight is 399 g/mol. The normalized spacial score (nSPS) is 18.0. The van der Waals surface area contributed by atoms with Gasteiger partial charge < -0.3 is 9.73 Å². The molecule has 1 fully saturated rings. The molecular formula is C22H30N4O3. The van der Waals surface area contributed by atoms with Crippen molar-refractivity contribution in [2.24, 2.45) is 0 Å². The molecule has 156 valence electrons. The molecule has 2 heterocycles. The highest BCUT2D eigenvalue weighted by Crippen LogP contribution is 2.26. The van der Waals surface area contributed by atoms with Crippen LogP contribution in [-0.4, -0.2) is 54.0 Å². The molecule has 0 saturated carbocycles. The van der Waals surface area contributed by atoms with Crippen molar-refractivity contribution >= 4 is 11.9 Å². The molecule has 1 saturated heterocycles. The second-order valence-electron chi connectivity index (χ2n) is 7.40. The summed E-state index contributed by atoms with van der Waals surface area (Å²) in [7, 11) is 0. The van der Waals surface area contributed by atoms with E-state index in [4.69, 9.17) is 4.42 Å². The fraction of sp³-hybridized carbons (Fsp3) is 0.455. The number of nitrogens with one attached hydrogen (secondary N) is 2. The number of hydrogen-bond donors (Lipinski definition) is 2. The summed E-state index contributed by atoms with van der Waals surface area (Å²) in [6, 6.07) is 14.2. The van der Waals surface area contributed by atoms with Gasteiger partial charge in [0.1, 0.15) is 5.76 Å². The zero-order valence-electron chi connectivity index (χ0n) is 17.1. The molecule has 0 bridgehead atoms. The van der Waals surface area contributed by atoms with Crippen molar-refractivity contribution in [3.63, 3.8) is 0 Å². The maximum Gasteiger partial charge on any atom is 0.321 e. The highest BCUT2D eigenvalue weighted by molar-refractivity contribution is 5.95. The predicted molar refractivity (Wildman–Crippen MR) is 111 cm³/mol. The number of likely N-dealkylation sites (N-methyl/N-ethyl adjacent to an activating group) is 1. The van der Waals surface area contributed by atoms with Gasteiger partial charge in [-0.25, -0.2) is 4.79 Å². The molecule has 0 aliphatic carbocycles. The van der Waals surface area contributed by atoms with Crippen molar-refractivity contribution < 1.29 is 14.0 Å². The fourth-order valence-corrected chi connectivity index (χ4v) is 3.83. The van der Waals surface area contributed by atoms with Crippen LogP contribution in [0.15, 0.2) is 53.1 Å². The SMILES string of the molecule is CCN(CC(=O)NC(=O)NCc1ccco1)C1CCN(C(C)c2ccccc2)C1. The third-order valence-electron chi connectivity index (χ3n) is 5.55. The second-order valence-corrected chi connectivity index (χ2v) is 7.40. The molecule has 2 atom stereocenters. The van der Waals surface area contributed by atoms with Gasteiger partial charge in [-0.3, -0.25) is 19.9 Å². The fourth-order valence-electron chi connectivity index (χ4n) is 3.83. The van der Waals surface area contributed by atoms with E-state index in [0.717, 1.165) is 26.1 Å². The minimum absolute atomic E-state index is 0.211. The van der Waals surface area contributed by atoms with E-state index in [1.165, 1.54) is 5.56 Å². The van der Waals surface area contributed by atoms with Crippen LogP contribution in [0, 0.1) is 0 Å². The highest BCUT2D eigenvalue weighted by atomic mass is 16.3. The van der Waals surface area contributed by atoms with Crippen molar-refractivity contribution in [1.29, 1.82) is 0 Å². The first-order valence-corrected chi connectivity index (χ1v) is 10.2. The van der Waals surface area contributed by atoms with Gasteiger partial charge in [-0.2, -0.15) is 0 Å². The monoisotopic (exact) mass is 398 g/mol. The van der Waals surface area contributed by atoms with E-state index in [-0.39, 0.29) is 19.0 Å². The van der Waals surface area contributed by atoms with E-state index in [1.54, 1.807) is 18.4 Å². The molecule has 3 amide bonds. The van der Waals surface area contributed by atoms with Gasteiger partial charge in [0.15, 0.2) is 0 Å². The third kappa shape index (κ3) is 5.92. The molecule has 2 N–H and O–H groups in total. The lowest BCUT2D eigenvalue weighted by Crippen LogP contribution is -2.47. The number of benzene rings is 1. The standard InChI is InChI=1S/C22H30N4O3/c1-3-25(16-21(27)24-22(28)23-14-20-10-7-13-29-20)19-11-12-26(15-19)17(2)18-8-5-4-6-9-18/h4-10,13,17,19H,3,11-12,14-16H2,1-2H3,(H2,23,24,27,28). The van der Waals surface area contributed by atoms with E-state index in [0.29, 0.717) is 17.8 Å². The molecule has 7 heteroatoms. The van der Waals surface area contributed by atoms with Crippen LogP contribution < -0.4 is 10.6 Å². The van der Waals surface area contributed by atoms with Crippen molar-refractivity contribution in [3.05, 3.63) is 60.1 Å². The Balaban J connectivity index is 1.45. The molecule has 1 aromatic heterocycles. The summed E-state index contributed by atoms with van der Waals surface area (Å²) in [5.41, 5.74) is 1.31. The van der Waals surface area contributed by atoms with Crippen LogP contribution in [0.1, 0.15) is 37.6 Å². The number of likely N-dealkylation sites (tertiary alicyclic amines) is 1. The minimum atomic E-state index is -0.506. The molecule has 1 aliphatic rings. The summed E-state index contributed by atoms with van der Waals surface area (Å²) in [4.78, 5) is 28.9. The van der Waals surface area contributed by atoms with Crippen LogP contribution in [0.25, 0.3) is 0 Å². The lowest BCUT2D eigenvalue weighted by molar-refractivity contribution is -0.121. The Hall–Kier alpha value is -2.64. The summed E-state index contributed by atoms with van der Waals surface area (Å²) in [5, 5.41) is 5.03. The Kier molecular flexibility index (Phi) is 7.43. The maximum absolute atomic E-state index is 12.3. The molecule has 2 aromatic rings. The van der Waals surface area contributed by atoms with E-state index in [9.17, 15) is 9.59 Å². The number of amides is 3. The van der Waals surface area contributed by atoms with Crippen molar-refractivity contribution in [1.82, 2.24) is 20.4 Å². The van der Waals surface area contributed by atoms with E-state index < -0.39 is 6.03 Å². The van der Waals surface area contributed by atoms with Crippen LogP contribution in [0.5, 0.6) is 0 Å². The zero-order chi connectivity index (χ0) is 20.6. The first-order chi connectivity index (χ1) is 14.1. The number of nitrogens with zero attached hydrogens (tertiary/aromatic N) is 2. The molecule has 1 aliphatic heterocycles. The molecule has 1 aromatic carbocycles. The summed E-state index contributed by atoms with van der Waals surface area (Å²) in [5.74, 6) is 0.347. The molecule has 0 radical (unpaired) electrons. The molecule has 0 spiro atoms. The molecule has 7 nitrogen and oxygen atoms in total. The molecular weight excluding hydrogens is 368 g/mol. The van der Waals surface area contributed by atoms with Gasteiger partial charge in [0, 0.05) is 25.2 Å². The molecule has 3 rings (SSSR count). The Bertz CT molecular complexity index is 779. The van der Waals surface area contributed by atoms with Gasteiger partial charge in [-0.05, 0) is 37.6 Å². The summed E-state index contributed by atoms with van der Waals surface area (Å²) >= 11 is 0. The van der Waals surface area contributed by atoms with Crippen molar-refractivity contribution in [2.75, 3.05) is 26.2 Å². The Morgan fingerprint density at radius 3 is 2.72 bits per heavy atom. The number of imide groups is 1. The first-order valence-electron chi connectivity index (χ1n) is 10.2. The van der Waals surface area contributed by atoms with Gasteiger partial charge in [0.05, 0.1) is 19.4 Å². The lowest BCUT2D eigenvalue weighted by Gasteiger charge is -2.29. The molecule has 29 heavy (non-hydrogen) atoms. The minimum Gasteiger partial charge on any atom is -0.467 e. The van der Waals surface area contributed by atoms with Gasteiger partial charge in [-0.15, -0.1) is 0 Å². The Labute approximate surface area is 172 Å². The topological polar surface area (TPSA) is 77.8 Å². The van der Waals surface area contributed by atoms with Crippen LogP contribution in [0.2, 0.25) is 0 Å². The van der Waals surface area contributed by atoms with Gasteiger partial charge >= 0.3 is 6.03 Å². The third-order valence-corrected chi connectivity index (χ3v) is 5.55. The summed E-state index contributed by atoms with van der Waals surface area (Å²) in [6.45, 7) is 7.42. The number of rotatable bonds is 8. The quantitative estimate of drug-likeness (QED) is 0.715. The first kappa shape index (κ1) is 21.1. The predicted octanol–water partition coefficient (Wildman–Crippen LogP) is 2.76. The summed E-state index contributed by atoms with van der Waals surface area (Å²) in [6.07, 6.45) is 2.56. The lowest BCUT2D eigenvalue weighted by atomic mass is 10.1. The highest BCUT2D eigenvalue weighted by Gasteiger charge is 2.31. The van der Waals surface area contributed by atoms with E-state index >= 15 is 0 Å². The molecule has 2 unspecified atom stereocenters. The number of furan rings is 1. The Morgan fingerprint density at radius 2 is 2.03 bits per heavy atom. The van der Waals surface area contributed by atoms with E-state index in [1.807, 2.05) is 13.0 Å². The Morgan fingerprint density at radius 1 is 1.24 bits per heavy atom. The second kappa shape index (κ2) is 10.2. The van der Waals surface area contributed by atoms with Crippen molar-refractivity contribution in [2.45, 2.75) is 38.9 Å². The number of carbonyl (C=O) groups excluding carboxylic acids is 2. The van der Waals surface area contributed by atoms with E-state index in [2.05, 4.69) is 51.6 Å². The van der Waals surface area contributed by atoms with Crippen LogP contribution >= 0.6 is 0 Å². The van der Waals surface area contributed by atoms with Crippen LogP contribution in [0.4, 0.5) is 4.79 Å². The smallest absolute Gasteiger partial charge is 0.321 e. The van der Waals surface area contributed by atoms with Gasteiger partial charge in [-0.1, -0.05) is 37.3 Å². The number of hydrogen-bond acceptors (Lipinski definition) is 5. The maximum atomic E-state index is 12.3. The number of urea groups is 1. The largest absolute Gasteiger partial charge is 0.467 e. The number of carbonyl (C=O) groups is 2. The summed E-state index contributed by atoms with van der Waals surface area (Å²) < 4.78 is 5.16. The van der Waals surface area contributed by atoms with Gasteiger partial charge in [0.25, 0.3) is 0 Å². The zero-order valence-corrected chi connectivity index (χ0v) is 17.1. The van der Waals surface area contributed by atoms with Crippen LogP contribution in [0.3, 0.4) is 0 Å². The van der Waals surface area contributed by atoms with Crippen LogP contribution in [-0.2, 0) is 11.3 Å². The van der Waals surface area contributed by atoms with Gasteiger partial charge in [0.2, 0.25) is 5.91 Å².